The van der Waals surface area contributed by atoms with E-state index in [1.165, 1.54) is 17.1 Å². The van der Waals surface area contributed by atoms with Crippen LogP contribution in [0.4, 0.5) is 0 Å². The first kappa shape index (κ1) is 13.1. The van der Waals surface area contributed by atoms with Crippen molar-refractivity contribution in [3.63, 3.8) is 0 Å². The summed E-state index contributed by atoms with van der Waals surface area (Å²) in [5.41, 5.74) is 0. The van der Waals surface area contributed by atoms with Crippen molar-refractivity contribution in [3.8, 4) is 0 Å². The third-order valence-corrected chi connectivity index (χ3v) is 3.69. The topological polar surface area (TPSA) is 12.0 Å². The third kappa shape index (κ3) is 5.59. The SMILES string of the molecule is CCNC(C)CCSc1cccc(Br)c1. The zero-order valence-corrected chi connectivity index (χ0v) is 11.7. The van der Waals surface area contributed by atoms with E-state index >= 15 is 0 Å². The lowest BCUT2D eigenvalue weighted by Crippen LogP contribution is -2.25. The molecule has 1 N–H and O–H groups in total. The van der Waals surface area contributed by atoms with Gasteiger partial charge in [-0.15, -0.1) is 11.8 Å². The second-order valence-corrected chi connectivity index (χ2v) is 5.64. The van der Waals surface area contributed by atoms with Gasteiger partial charge in [0.1, 0.15) is 0 Å². The summed E-state index contributed by atoms with van der Waals surface area (Å²) in [7, 11) is 0. The van der Waals surface area contributed by atoms with E-state index in [-0.39, 0.29) is 0 Å². The molecule has 0 bridgehead atoms. The second-order valence-electron chi connectivity index (χ2n) is 3.55. The van der Waals surface area contributed by atoms with Crippen molar-refractivity contribution in [1.29, 1.82) is 0 Å². The Morgan fingerprint density at radius 3 is 2.93 bits per heavy atom. The lowest BCUT2D eigenvalue weighted by Gasteiger charge is -2.11. The molecule has 0 saturated carbocycles. The first-order valence-corrected chi connectivity index (χ1v) is 7.12. The van der Waals surface area contributed by atoms with Crippen LogP contribution in [-0.2, 0) is 0 Å². The van der Waals surface area contributed by atoms with Gasteiger partial charge in [-0.1, -0.05) is 28.9 Å². The summed E-state index contributed by atoms with van der Waals surface area (Å²) in [6.07, 6.45) is 1.21. The molecular formula is C12H18BrNS. The minimum absolute atomic E-state index is 0.620. The van der Waals surface area contributed by atoms with E-state index in [1.807, 2.05) is 11.8 Å². The van der Waals surface area contributed by atoms with Gasteiger partial charge in [-0.3, -0.25) is 0 Å². The zero-order valence-electron chi connectivity index (χ0n) is 9.29. The Kier molecular flexibility index (Phi) is 6.37. The molecule has 0 aliphatic rings. The maximum Gasteiger partial charge on any atom is 0.0186 e. The van der Waals surface area contributed by atoms with Gasteiger partial charge < -0.3 is 5.32 Å². The number of halogens is 1. The number of benzene rings is 1. The Morgan fingerprint density at radius 2 is 2.27 bits per heavy atom. The van der Waals surface area contributed by atoms with E-state index in [9.17, 15) is 0 Å². The van der Waals surface area contributed by atoms with Crippen molar-refractivity contribution in [3.05, 3.63) is 28.7 Å². The molecule has 1 aromatic carbocycles. The van der Waals surface area contributed by atoms with Gasteiger partial charge in [0, 0.05) is 15.4 Å². The average Bonchev–Trinajstić information content (AvgIpc) is 2.18. The summed E-state index contributed by atoms with van der Waals surface area (Å²) in [6, 6.07) is 9.09. The molecule has 0 amide bonds. The van der Waals surface area contributed by atoms with E-state index in [4.69, 9.17) is 0 Å². The highest BCUT2D eigenvalue weighted by atomic mass is 79.9. The van der Waals surface area contributed by atoms with Gasteiger partial charge in [-0.25, -0.2) is 0 Å². The molecule has 84 valence electrons. The smallest absolute Gasteiger partial charge is 0.0186 e. The van der Waals surface area contributed by atoms with Gasteiger partial charge in [0.25, 0.3) is 0 Å². The van der Waals surface area contributed by atoms with Gasteiger partial charge >= 0.3 is 0 Å². The molecule has 3 heteroatoms. The molecule has 0 heterocycles. The third-order valence-electron chi connectivity index (χ3n) is 2.17. The maximum absolute atomic E-state index is 3.48. The van der Waals surface area contributed by atoms with Crippen molar-refractivity contribution < 1.29 is 0 Å². The number of rotatable bonds is 6. The van der Waals surface area contributed by atoms with Gasteiger partial charge in [-0.05, 0) is 43.8 Å². The molecule has 1 unspecified atom stereocenters. The summed E-state index contributed by atoms with van der Waals surface area (Å²) in [6.45, 7) is 5.45. The predicted octanol–water partition coefficient (Wildman–Crippen LogP) is 3.93. The summed E-state index contributed by atoms with van der Waals surface area (Å²) in [5, 5.41) is 3.42. The largest absolute Gasteiger partial charge is 0.315 e. The summed E-state index contributed by atoms with van der Waals surface area (Å²) in [4.78, 5) is 1.34. The fourth-order valence-electron chi connectivity index (χ4n) is 1.36. The fraction of sp³-hybridized carbons (Fsp3) is 0.500. The highest BCUT2D eigenvalue weighted by Crippen LogP contribution is 2.22. The standard InChI is InChI=1S/C12H18BrNS/c1-3-14-10(2)7-8-15-12-6-4-5-11(13)9-12/h4-6,9-10,14H,3,7-8H2,1-2H3. The highest BCUT2D eigenvalue weighted by Gasteiger charge is 2.00. The molecule has 1 rings (SSSR count). The predicted molar refractivity (Wildman–Crippen MR) is 72.6 cm³/mol. The van der Waals surface area contributed by atoms with Crippen LogP contribution in [0.2, 0.25) is 0 Å². The van der Waals surface area contributed by atoms with Gasteiger partial charge in [-0.2, -0.15) is 0 Å². The van der Waals surface area contributed by atoms with Crippen molar-refractivity contribution in [2.45, 2.75) is 31.2 Å². The molecule has 0 radical (unpaired) electrons. The molecule has 1 nitrogen and oxygen atoms in total. The number of nitrogens with one attached hydrogen (secondary N) is 1. The average molecular weight is 288 g/mol. The molecule has 1 atom stereocenters. The molecule has 0 aliphatic heterocycles. The number of thioether (sulfide) groups is 1. The van der Waals surface area contributed by atoms with Crippen LogP contribution in [0.5, 0.6) is 0 Å². The molecule has 0 fully saturated rings. The Bertz CT molecular complexity index is 291. The molecule has 0 aliphatic carbocycles. The van der Waals surface area contributed by atoms with E-state index < -0.39 is 0 Å². The van der Waals surface area contributed by atoms with Gasteiger partial charge in [0.2, 0.25) is 0 Å². The van der Waals surface area contributed by atoms with Crippen LogP contribution in [0, 0.1) is 0 Å². The van der Waals surface area contributed by atoms with Gasteiger partial charge in [0.05, 0.1) is 0 Å². The normalized spacial score (nSPS) is 12.7. The van der Waals surface area contributed by atoms with Crippen molar-refractivity contribution in [2.24, 2.45) is 0 Å². The summed E-state index contributed by atoms with van der Waals surface area (Å²) < 4.78 is 1.16. The fourth-order valence-corrected chi connectivity index (χ4v) is 3.00. The van der Waals surface area contributed by atoms with Crippen molar-refractivity contribution >= 4 is 27.7 Å². The molecule has 0 aromatic heterocycles. The van der Waals surface area contributed by atoms with E-state index in [1.54, 1.807) is 0 Å². The maximum atomic E-state index is 3.48. The van der Waals surface area contributed by atoms with E-state index in [0.717, 1.165) is 11.0 Å². The minimum Gasteiger partial charge on any atom is -0.315 e. The van der Waals surface area contributed by atoms with Crippen LogP contribution in [0.3, 0.4) is 0 Å². The summed E-state index contributed by atoms with van der Waals surface area (Å²) in [5.74, 6) is 1.17. The lowest BCUT2D eigenvalue weighted by atomic mass is 10.3. The van der Waals surface area contributed by atoms with Crippen LogP contribution in [0.25, 0.3) is 0 Å². The molecule has 1 aromatic rings. The Morgan fingerprint density at radius 1 is 1.47 bits per heavy atom. The first-order valence-electron chi connectivity index (χ1n) is 5.34. The Labute approximate surface area is 105 Å². The van der Waals surface area contributed by atoms with E-state index in [2.05, 4.69) is 59.4 Å². The van der Waals surface area contributed by atoms with Crippen molar-refractivity contribution in [2.75, 3.05) is 12.3 Å². The number of hydrogen-bond acceptors (Lipinski definition) is 2. The second kappa shape index (κ2) is 7.31. The highest BCUT2D eigenvalue weighted by molar-refractivity contribution is 9.10. The molecule has 0 spiro atoms. The van der Waals surface area contributed by atoms with Crippen LogP contribution in [0.15, 0.2) is 33.6 Å². The van der Waals surface area contributed by atoms with Crippen molar-refractivity contribution in [1.82, 2.24) is 5.32 Å². The van der Waals surface area contributed by atoms with Crippen LogP contribution >= 0.6 is 27.7 Å². The van der Waals surface area contributed by atoms with E-state index in [0.29, 0.717) is 6.04 Å². The molecule has 15 heavy (non-hydrogen) atoms. The summed E-state index contributed by atoms with van der Waals surface area (Å²) >= 11 is 5.40. The molecular weight excluding hydrogens is 270 g/mol. The zero-order chi connectivity index (χ0) is 11.1. The minimum atomic E-state index is 0.620. The number of hydrogen-bond donors (Lipinski definition) is 1. The van der Waals surface area contributed by atoms with Crippen LogP contribution in [-0.4, -0.2) is 18.3 Å². The van der Waals surface area contributed by atoms with Crippen LogP contribution < -0.4 is 5.32 Å². The first-order chi connectivity index (χ1) is 7.22. The van der Waals surface area contributed by atoms with Crippen LogP contribution in [0.1, 0.15) is 20.3 Å². The monoisotopic (exact) mass is 287 g/mol. The Balaban J connectivity index is 2.25. The quantitative estimate of drug-likeness (QED) is 0.796. The van der Waals surface area contributed by atoms with Gasteiger partial charge in [0.15, 0.2) is 0 Å². The Hall–Kier alpha value is 0.01000. The molecule has 0 saturated heterocycles. The lowest BCUT2D eigenvalue weighted by molar-refractivity contribution is 0.556.